The molecule has 0 amide bonds. The summed E-state index contributed by atoms with van der Waals surface area (Å²) in [4.78, 5) is 0. The fraction of sp³-hybridized carbons (Fsp3) is 0.111. The van der Waals surface area contributed by atoms with Crippen molar-refractivity contribution in [1.82, 2.24) is 0 Å². The lowest BCUT2D eigenvalue weighted by molar-refractivity contribution is 0.355. The number of ether oxygens (including phenoxy) is 2. The first-order chi connectivity index (χ1) is 10.3. The van der Waals surface area contributed by atoms with E-state index in [4.69, 9.17) is 9.47 Å². The van der Waals surface area contributed by atoms with E-state index in [0.717, 1.165) is 17.1 Å². The van der Waals surface area contributed by atoms with Crippen LogP contribution in [0.4, 0.5) is 11.4 Å². The third kappa shape index (κ3) is 2.63. The van der Waals surface area contributed by atoms with Crippen molar-refractivity contribution in [3.05, 3.63) is 60.7 Å². The van der Waals surface area contributed by atoms with E-state index in [1.807, 2.05) is 36.4 Å². The van der Waals surface area contributed by atoms with Gasteiger partial charge in [0.15, 0.2) is 11.5 Å². The van der Waals surface area contributed by atoms with Crippen molar-refractivity contribution >= 4 is 22.1 Å². The zero-order valence-corrected chi connectivity index (χ0v) is 12.1. The Bertz CT molecular complexity index is 763. The van der Waals surface area contributed by atoms with Crippen LogP contribution < -0.4 is 14.8 Å². The topological polar surface area (TPSA) is 30.5 Å². The Morgan fingerprint density at radius 2 is 1.52 bits per heavy atom. The van der Waals surface area contributed by atoms with Crippen LogP contribution in [0.3, 0.4) is 0 Å². The molecule has 0 fully saturated rings. The standard InChI is InChI=1S/C18H17NO2/c1-20-17-11-10-14(12-18(17)21-2)19-16-9-5-7-13-6-3-4-8-15(13)16/h3-12,19H,1-2H3. The van der Waals surface area contributed by atoms with Crippen LogP contribution in [0.15, 0.2) is 60.7 Å². The molecule has 106 valence electrons. The zero-order valence-electron chi connectivity index (χ0n) is 12.1. The van der Waals surface area contributed by atoms with Crippen LogP contribution in [0, 0.1) is 0 Å². The van der Waals surface area contributed by atoms with E-state index < -0.39 is 0 Å². The molecule has 21 heavy (non-hydrogen) atoms. The molecule has 1 N–H and O–H groups in total. The van der Waals surface area contributed by atoms with Gasteiger partial charge in [-0.25, -0.2) is 0 Å². The Hall–Kier alpha value is -2.68. The molecular weight excluding hydrogens is 262 g/mol. The Kier molecular flexibility index (Phi) is 3.65. The van der Waals surface area contributed by atoms with Gasteiger partial charge in [0.2, 0.25) is 0 Å². The van der Waals surface area contributed by atoms with Gasteiger partial charge in [0, 0.05) is 22.8 Å². The third-order valence-corrected chi connectivity index (χ3v) is 3.45. The fourth-order valence-corrected chi connectivity index (χ4v) is 2.40. The minimum atomic E-state index is 0.711. The maximum atomic E-state index is 5.34. The number of methoxy groups -OCH3 is 2. The highest BCUT2D eigenvalue weighted by atomic mass is 16.5. The average Bonchev–Trinajstić information content (AvgIpc) is 2.55. The maximum absolute atomic E-state index is 5.34. The van der Waals surface area contributed by atoms with Crippen LogP contribution in [0.25, 0.3) is 10.8 Å². The van der Waals surface area contributed by atoms with E-state index in [-0.39, 0.29) is 0 Å². The molecule has 0 radical (unpaired) electrons. The summed E-state index contributed by atoms with van der Waals surface area (Å²) in [6, 6.07) is 20.3. The molecule has 3 nitrogen and oxygen atoms in total. The lowest BCUT2D eigenvalue weighted by Crippen LogP contribution is -1.94. The second kappa shape index (κ2) is 5.75. The molecule has 0 saturated carbocycles. The van der Waals surface area contributed by atoms with Gasteiger partial charge in [-0.15, -0.1) is 0 Å². The molecule has 3 rings (SSSR count). The molecular formula is C18H17NO2. The molecule has 0 spiro atoms. The van der Waals surface area contributed by atoms with Crippen molar-refractivity contribution in [1.29, 1.82) is 0 Å². The van der Waals surface area contributed by atoms with Crippen LogP contribution in [-0.4, -0.2) is 14.2 Å². The molecule has 0 unspecified atom stereocenters. The Balaban J connectivity index is 1.99. The van der Waals surface area contributed by atoms with Gasteiger partial charge >= 0.3 is 0 Å². The number of rotatable bonds is 4. The van der Waals surface area contributed by atoms with Crippen LogP contribution in [0.5, 0.6) is 11.5 Å². The fourth-order valence-electron chi connectivity index (χ4n) is 2.40. The summed E-state index contributed by atoms with van der Waals surface area (Å²) >= 11 is 0. The maximum Gasteiger partial charge on any atom is 0.162 e. The Morgan fingerprint density at radius 1 is 0.762 bits per heavy atom. The minimum Gasteiger partial charge on any atom is -0.493 e. The first-order valence-corrected chi connectivity index (χ1v) is 6.78. The van der Waals surface area contributed by atoms with Gasteiger partial charge in [0.25, 0.3) is 0 Å². The van der Waals surface area contributed by atoms with Gasteiger partial charge in [-0.2, -0.15) is 0 Å². The predicted octanol–water partition coefficient (Wildman–Crippen LogP) is 4.60. The van der Waals surface area contributed by atoms with Crippen LogP contribution in [-0.2, 0) is 0 Å². The highest BCUT2D eigenvalue weighted by molar-refractivity contribution is 5.95. The van der Waals surface area contributed by atoms with Crippen molar-refractivity contribution < 1.29 is 9.47 Å². The second-order valence-electron chi connectivity index (χ2n) is 4.72. The smallest absolute Gasteiger partial charge is 0.162 e. The van der Waals surface area contributed by atoms with Gasteiger partial charge in [-0.05, 0) is 23.6 Å². The average molecular weight is 279 g/mol. The van der Waals surface area contributed by atoms with Crippen molar-refractivity contribution in [3.8, 4) is 11.5 Å². The first kappa shape index (κ1) is 13.3. The second-order valence-corrected chi connectivity index (χ2v) is 4.72. The lowest BCUT2D eigenvalue weighted by Gasteiger charge is -2.13. The number of fused-ring (bicyclic) bond motifs is 1. The molecule has 3 heteroatoms. The molecule has 0 saturated heterocycles. The number of nitrogens with one attached hydrogen (secondary N) is 1. The van der Waals surface area contributed by atoms with E-state index in [9.17, 15) is 0 Å². The highest BCUT2D eigenvalue weighted by Crippen LogP contribution is 2.32. The molecule has 0 atom stereocenters. The number of hydrogen-bond acceptors (Lipinski definition) is 3. The summed E-state index contributed by atoms with van der Waals surface area (Å²) in [5.74, 6) is 1.43. The van der Waals surface area contributed by atoms with Gasteiger partial charge in [0.1, 0.15) is 0 Å². The van der Waals surface area contributed by atoms with Crippen molar-refractivity contribution in [2.24, 2.45) is 0 Å². The summed E-state index contributed by atoms with van der Waals surface area (Å²) in [7, 11) is 3.27. The molecule has 0 aliphatic carbocycles. The van der Waals surface area contributed by atoms with Gasteiger partial charge in [-0.1, -0.05) is 36.4 Å². The van der Waals surface area contributed by atoms with E-state index in [1.54, 1.807) is 14.2 Å². The molecule has 0 heterocycles. The number of anilines is 2. The summed E-state index contributed by atoms with van der Waals surface area (Å²) in [6.07, 6.45) is 0. The third-order valence-electron chi connectivity index (χ3n) is 3.45. The predicted molar refractivity (Wildman–Crippen MR) is 86.8 cm³/mol. The molecule has 3 aromatic rings. The molecule has 0 aromatic heterocycles. The van der Waals surface area contributed by atoms with Crippen molar-refractivity contribution in [2.75, 3.05) is 19.5 Å². The van der Waals surface area contributed by atoms with Crippen LogP contribution in [0.2, 0.25) is 0 Å². The largest absolute Gasteiger partial charge is 0.493 e. The Labute approximate surface area is 124 Å². The summed E-state index contributed by atoms with van der Waals surface area (Å²) in [5, 5.41) is 5.84. The quantitative estimate of drug-likeness (QED) is 0.757. The zero-order chi connectivity index (χ0) is 14.7. The highest BCUT2D eigenvalue weighted by Gasteiger charge is 2.06. The molecule has 0 bridgehead atoms. The minimum absolute atomic E-state index is 0.711. The summed E-state index contributed by atoms with van der Waals surface area (Å²) in [6.45, 7) is 0. The first-order valence-electron chi connectivity index (χ1n) is 6.78. The summed E-state index contributed by atoms with van der Waals surface area (Å²) in [5.41, 5.74) is 2.03. The molecule has 3 aromatic carbocycles. The number of hydrogen-bond donors (Lipinski definition) is 1. The molecule has 0 aliphatic rings. The summed E-state index contributed by atoms with van der Waals surface area (Å²) < 4.78 is 10.6. The molecule has 0 aliphatic heterocycles. The van der Waals surface area contributed by atoms with E-state index in [1.165, 1.54) is 10.8 Å². The monoisotopic (exact) mass is 279 g/mol. The van der Waals surface area contributed by atoms with E-state index in [2.05, 4.69) is 29.6 Å². The number of benzene rings is 3. The van der Waals surface area contributed by atoms with E-state index in [0.29, 0.717) is 5.75 Å². The van der Waals surface area contributed by atoms with Crippen LogP contribution >= 0.6 is 0 Å². The lowest BCUT2D eigenvalue weighted by atomic mass is 10.1. The SMILES string of the molecule is COc1ccc(Nc2cccc3ccccc23)cc1OC. The van der Waals surface area contributed by atoms with Gasteiger partial charge in [-0.3, -0.25) is 0 Å². The van der Waals surface area contributed by atoms with Gasteiger partial charge in [0.05, 0.1) is 14.2 Å². The van der Waals surface area contributed by atoms with Crippen LogP contribution in [0.1, 0.15) is 0 Å². The normalized spacial score (nSPS) is 10.4. The van der Waals surface area contributed by atoms with E-state index >= 15 is 0 Å². The van der Waals surface area contributed by atoms with Crippen molar-refractivity contribution in [3.63, 3.8) is 0 Å². The van der Waals surface area contributed by atoms with Crippen molar-refractivity contribution in [2.45, 2.75) is 0 Å². The Morgan fingerprint density at radius 3 is 2.33 bits per heavy atom. The van der Waals surface area contributed by atoms with Gasteiger partial charge < -0.3 is 14.8 Å².